The number of ether oxygens (including phenoxy) is 1. The lowest BCUT2D eigenvalue weighted by atomic mass is 10.0. The van der Waals surface area contributed by atoms with Gasteiger partial charge in [-0.25, -0.2) is 9.59 Å². The first kappa shape index (κ1) is 16.2. The molecule has 0 aliphatic carbocycles. The van der Waals surface area contributed by atoms with Crippen molar-refractivity contribution < 1.29 is 24.2 Å². The fourth-order valence-electron chi connectivity index (χ4n) is 1.28. The highest BCUT2D eigenvalue weighted by Gasteiger charge is 2.23. The summed E-state index contributed by atoms with van der Waals surface area (Å²) >= 11 is 0. The molecule has 7 heteroatoms. The van der Waals surface area contributed by atoms with Gasteiger partial charge in [0.05, 0.1) is 7.11 Å². The van der Waals surface area contributed by atoms with Gasteiger partial charge in [-0.15, -0.1) is 0 Å². The Bertz CT molecular complexity index is 317. The Morgan fingerprint density at radius 3 is 2.28 bits per heavy atom. The van der Waals surface area contributed by atoms with Crippen LogP contribution in [0.1, 0.15) is 20.3 Å². The van der Waals surface area contributed by atoms with E-state index >= 15 is 0 Å². The number of hydrogen-bond donors (Lipinski definition) is 2. The summed E-state index contributed by atoms with van der Waals surface area (Å²) in [6.45, 7) is 3.50. The number of nitrogens with zero attached hydrogens (tertiary/aromatic N) is 1. The number of rotatable bonds is 6. The standard InChI is InChI=1S/C11H20N2O5/c1-7(2)5-8(10(15)16)12-11(17)13(3)6-9(14)18-4/h7-8H,5-6H2,1-4H3,(H,12,17)(H,15,16). The number of nitrogens with one attached hydrogen (secondary N) is 1. The minimum absolute atomic E-state index is 0.136. The Morgan fingerprint density at radius 2 is 1.89 bits per heavy atom. The maximum atomic E-state index is 11.6. The van der Waals surface area contributed by atoms with E-state index in [1.807, 2.05) is 13.8 Å². The molecule has 1 atom stereocenters. The van der Waals surface area contributed by atoms with E-state index < -0.39 is 24.0 Å². The van der Waals surface area contributed by atoms with E-state index in [1.165, 1.54) is 14.2 Å². The van der Waals surface area contributed by atoms with Crippen molar-refractivity contribution in [3.8, 4) is 0 Å². The molecule has 1 unspecified atom stereocenters. The molecule has 0 saturated carbocycles. The van der Waals surface area contributed by atoms with Crippen LogP contribution in [0.2, 0.25) is 0 Å². The average Bonchev–Trinajstić information content (AvgIpc) is 2.26. The molecular weight excluding hydrogens is 240 g/mol. The molecule has 0 saturated heterocycles. The zero-order valence-electron chi connectivity index (χ0n) is 11.1. The first-order chi connectivity index (χ1) is 8.27. The van der Waals surface area contributed by atoms with E-state index in [0.29, 0.717) is 6.42 Å². The molecule has 2 N–H and O–H groups in total. The summed E-state index contributed by atoms with van der Waals surface area (Å²) in [6.07, 6.45) is 0.327. The highest BCUT2D eigenvalue weighted by atomic mass is 16.5. The largest absolute Gasteiger partial charge is 0.480 e. The van der Waals surface area contributed by atoms with E-state index in [1.54, 1.807) is 0 Å². The average molecular weight is 260 g/mol. The van der Waals surface area contributed by atoms with Crippen molar-refractivity contribution in [3.63, 3.8) is 0 Å². The third kappa shape index (κ3) is 6.07. The van der Waals surface area contributed by atoms with Crippen molar-refractivity contribution in [2.75, 3.05) is 20.7 Å². The Hall–Kier alpha value is -1.79. The van der Waals surface area contributed by atoms with Crippen molar-refractivity contribution in [2.24, 2.45) is 5.92 Å². The van der Waals surface area contributed by atoms with Crippen LogP contribution in [0.3, 0.4) is 0 Å². The quantitative estimate of drug-likeness (QED) is 0.670. The SMILES string of the molecule is COC(=O)CN(C)C(=O)NC(CC(C)C)C(=O)O. The predicted octanol–water partition coefficient (Wildman–Crippen LogP) is 0.300. The topological polar surface area (TPSA) is 95.9 Å². The van der Waals surface area contributed by atoms with E-state index in [-0.39, 0.29) is 12.5 Å². The molecule has 0 spiro atoms. The Labute approximate surface area is 106 Å². The molecule has 0 radical (unpaired) electrons. The maximum absolute atomic E-state index is 11.6. The van der Waals surface area contributed by atoms with Gasteiger partial charge in [0.2, 0.25) is 0 Å². The molecule has 7 nitrogen and oxygen atoms in total. The molecule has 0 aromatic rings. The molecule has 104 valence electrons. The first-order valence-electron chi connectivity index (χ1n) is 5.59. The number of aliphatic carboxylic acids is 1. The molecule has 0 heterocycles. The summed E-state index contributed by atoms with van der Waals surface area (Å²) in [7, 11) is 2.60. The summed E-state index contributed by atoms with van der Waals surface area (Å²) in [5, 5.41) is 11.3. The van der Waals surface area contributed by atoms with Gasteiger partial charge in [0.1, 0.15) is 12.6 Å². The molecule has 0 rings (SSSR count). The molecular formula is C11H20N2O5. The number of amides is 2. The van der Waals surface area contributed by atoms with Crippen molar-refractivity contribution in [3.05, 3.63) is 0 Å². The minimum Gasteiger partial charge on any atom is -0.480 e. The highest BCUT2D eigenvalue weighted by molar-refractivity contribution is 5.84. The molecule has 0 aliphatic rings. The van der Waals surface area contributed by atoms with Gasteiger partial charge in [0, 0.05) is 7.05 Å². The van der Waals surface area contributed by atoms with Crippen LogP contribution in [-0.2, 0) is 14.3 Å². The normalized spacial score (nSPS) is 11.8. The number of esters is 1. The third-order valence-corrected chi connectivity index (χ3v) is 2.24. The van der Waals surface area contributed by atoms with Crippen LogP contribution >= 0.6 is 0 Å². The Kier molecular flexibility index (Phi) is 6.77. The number of carboxylic acids is 1. The number of urea groups is 1. The maximum Gasteiger partial charge on any atom is 0.326 e. The smallest absolute Gasteiger partial charge is 0.326 e. The minimum atomic E-state index is -1.09. The second kappa shape index (κ2) is 7.52. The van der Waals surface area contributed by atoms with Crippen molar-refractivity contribution in [2.45, 2.75) is 26.3 Å². The molecule has 0 aromatic carbocycles. The van der Waals surface area contributed by atoms with E-state index in [4.69, 9.17) is 5.11 Å². The van der Waals surface area contributed by atoms with Crippen molar-refractivity contribution in [1.82, 2.24) is 10.2 Å². The molecule has 0 aromatic heterocycles. The second-order valence-corrected chi connectivity index (χ2v) is 4.40. The van der Waals surface area contributed by atoms with Gasteiger partial charge >= 0.3 is 18.0 Å². The van der Waals surface area contributed by atoms with Crippen LogP contribution in [-0.4, -0.2) is 54.7 Å². The summed E-state index contributed by atoms with van der Waals surface area (Å²) in [6, 6.07) is -1.58. The molecule has 0 fully saturated rings. The van der Waals surface area contributed by atoms with Gasteiger partial charge in [-0.1, -0.05) is 13.8 Å². The lowest BCUT2D eigenvalue weighted by Gasteiger charge is -2.21. The van der Waals surface area contributed by atoms with Gasteiger partial charge in [-0.2, -0.15) is 0 Å². The number of carboxylic acid groups (broad SMARTS) is 1. The first-order valence-corrected chi connectivity index (χ1v) is 5.59. The van der Waals surface area contributed by atoms with E-state index in [2.05, 4.69) is 10.1 Å². The lowest BCUT2D eigenvalue weighted by Crippen LogP contribution is -2.48. The Balaban J connectivity index is 4.41. The Morgan fingerprint density at radius 1 is 1.33 bits per heavy atom. The van der Waals surface area contributed by atoms with Crippen LogP contribution < -0.4 is 5.32 Å². The highest BCUT2D eigenvalue weighted by Crippen LogP contribution is 2.05. The monoisotopic (exact) mass is 260 g/mol. The molecule has 18 heavy (non-hydrogen) atoms. The zero-order valence-corrected chi connectivity index (χ0v) is 11.1. The fourth-order valence-corrected chi connectivity index (χ4v) is 1.28. The summed E-state index contributed by atoms with van der Waals surface area (Å²) in [4.78, 5) is 34.6. The van der Waals surface area contributed by atoms with Crippen molar-refractivity contribution >= 4 is 18.0 Å². The number of carbonyl (C=O) groups is 3. The van der Waals surface area contributed by atoms with E-state index in [0.717, 1.165) is 4.90 Å². The second-order valence-electron chi connectivity index (χ2n) is 4.40. The molecule has 2 amide bonds. The summed E-state index contributed by atoms with van der Waals surface area (Å²) in [5.41, 5.74) is 0. The van der Waals surface area contributed by atoms with Gasteiger partial charge < -0.3 is 20.1 Å². The zero-order chi connectivity index (χ0) is 14.3. The van der Waals surface area contributed by atoms with Crippen LogP contribution in [0, 0.1) is 5.92 Å². The molecule has 0 bridgehead atoms. The summed E-state index contributed by atoms with van der Waals surface area (Å²) < 4.78 is 4.41. The number of methoxy groups -OCH3 is 1. The third-order valence-electron chi connectivity index (χ3n) is 2.24. The molecule has 0 aliphatic heterocycles. The predicted molar refractivity (Wildman–Crippen MR) is 64.1 cm³/mol. The van der Waals surface area contributed by atoms with Crippen LogP contribution in [0.25, 0.3) is 0 Å². The van der Waals surface area contributed by atoms with E-state index in [9.17, 15) is 14.4 Å². The lowest BCUT2D eigenvalue weighted by molar-refractivity contribution is -0.141. The van der Waals surface area contributed by atoms with Gasteiger partial charge in [0.15, 0.2) is 0 Å². The van der Waals surface area contributed by atoms with Gasteiger partial charge in [-0.05, 0) is 12.3 Å². The summed E-state index contributed by atoms with van der Waals surface area (Å²) in [5.74, 6) is -1.52. The van der Waals surface area contributed by atoms with Crippen LogP contribution in [0.5, 0.6) is 0 Å². The van der Waals surface area contributed by atoms with Gasteiger partial charge in [-0.3, -0.25) is 4.79 Å². The number of carbonyl (C=O) groups excluding carboxylic acids is 2. The number of likely N-dealkylation sites (N-methyl/N-ethyl adjacent to an activating group) is 1. The number of hydrogen-bond acceptors (Lipinski definition) is 4. The van der Waals surface area contributed by atoms with Crippen molar-refractivity contribution in [1.29, 1.82) is 0 Å². The van der Waals surface area contributed by atoms with Crippen LogP contribution in [0.15, 0.2) is 0 Å². The van der Waals surface area contributed by atoms with Crippen LogP contribution in [0.4, 0.5) is 4.79 Å². The van der Waals surface area contributed by atoms with Gasteiger partial charge in [0.25, 0.3) is 0 Å². The fraction of sp³-hybridized carbons (Fsp3) is 0.727.